The van der Waals surface area contributed by atoms with Crippen molar-refractivity contribution in [3.8, 4) is 5.69 Å². The number of aromatic nitrogens is 3. The van der Waals surface area contributed by atoms with Crippen LogP contribution in [0.4, 0.5) is 4.39 Å². The molecule has 2 aromatic heterocycles. The topological polar surface area (TPSA) is 30.7 Å². The number of hydrogen-bond donors (Lipinski definition) is 0. The van der Waals surface area contributed by atoms with Gasteiger partial charge in [0.15, 0.2) is 5.65 Å². The van der Waals surface area contributed by atoms with Crippen molar-refractivity contribution in [3.63, 3.8) is 0 Å². The Bertz CT molecular complexity index is 795. The number of hydrogen-bond acceptors (Lipinski definition) is 2. The molecule has 0 radical (unpaired) electrons. The Morgan fingerprint density at radius 2 is 2.00 bits per heavy atom. The minimum absolute atomic E-state index is 0.197. The van der Waals surface area contributed by atoms with E-state index in [1.54, 1.807) is 16.8 Å². The lowest BCUT2D eigenvalue weighted by atomic mass is 10.2. The van der Waals surface area contributed by atoms with Crippen molar-refractivity contribution in [1.29, 1.82) is 0 Å². The molecule has 3 rings (SSSR count). The zero-order valence-electron chi connectivity index (χ0n) is 11.2. The van der Waals surface area contributed by atoms with Crippen molar-refractivity contribution < 1.29 is 4.39 Å². The van der Waals surface area contributed by atoms with Gasteiger partial charge in [0.1, 0.15) is 17.2 Å². The molecular formula is C15H13ClFN3. The first kappa shape index (κ1) is 13.1. The SMILES string of the molecule is Cc1ccc(-n2c(CCl)nc3cc(C)cnc32)c(F)c1. The molecular weight excluding hydrogens is 277 g/mol. The number of fused-ring (bicyclic) bond motifs is 1. The lowest BCUT2D eigenvalue weighted by Crippen LogP contribution is -2.03. The van der Waals surface area contributed by atoms with Gasteiger partial charge in [0.05, 0.1) is 11.6 Å². The van der Waals surface area contributed by atoms with E-state index in [9.17, 15) is 4.39 Å². The van der Waals surface area contributed by atoms with Crippen molar-refractivity contribution >= 4 is 22.8 Å². The fourth-order valence-corrected chi connectivity index (χ4v) is 2.43. The summed E-state index contributed by atoms with van der Waals surface area (Å²) in [7, 11) is 0. The van der Waals surface area contributed by atoms with Crippen molar-refractivity contribution in [2.24, 2.45) is 0 Å². The van der Waals surface area contributed by atoms with E-state index in [4.69, 9.17) is 11.6 Å². The largest absolute Gasteiger partial charge is 0.277 e. The van der Waals surface area contributed by atoms with Crippen LogP contribution in [0.3, 0.4) is 0 Å². The number of rotatable bonds is 2. The standard InChI is InChI=1S/C15H13ClFN3/c1-9-3-4-13(11(17)5-9)20-14(7-16)19-12-6-10(2)8-18-15(12)20/h3-6,8H,7H2,1-2H3. The highest BCUT2D eigenvalue weighted by molar-refractivity contribution is 6.16. The maximum absolute atomic E-state index is 14.2. The second-order valence-corrected chi connectivity index (χ2v) is 5.07. The van der Waals surface area contributed by atoms with Gasteiger partial charge in [-0.1, -0.05) is 6.07 Å². The Balaban J connectivity index is 2.34. The molecule has 2 heterocycles. The third-order valence-electron chi connectivity index (χ3n) is 3.17. The number of halogens is 2. The molecule has 0 N–H and O–H groups in total. The van der Waals surface area contributed by atoms with Gasteiger partial charge in [0, 0.05) is 6.20 Å². The number of aryl methyl sites for hydroxylation is 2. The maximum atomic E-state index is 14.2. The molecule has 3 nitrogen and oxygen atoms in total. The van der Waals surface area contributed by atoms with Gasteiger partial charge in [0.25, 0.3) is 0 Å². The fraction of sp³-hybridized carbons (Fsp3) is 0.200. The second-order valence-electron chi connectivity index (χ2n) is 4.81. The van der Waals surface area contributed by atoms with Crippen LogP contribution >= 0.6 is 11.6 Å². The van der Waals surface area contributed by atoms with Gasteiger partial charge in [-0.15, -0.1) is 11.6 Å². The molecule has 0 unspecified atom stereocenters. The molecule has 0 aliphatic rings. The molecule has 0 aliphatic heterocycles. The van der Waals surface area contributed by atoms with E-state index in [-0.39, 0.29) is 11.7 Å². The number of benzene rings is 1. The smallest absolute Gasteiger partial charge is 0.164 e. The Morgan fingerprint density at radius 1 is 1.20 bits per heavy atom. The van der Waals surface area contributed by atoms with Crippen LogP contribution in [-0.2, 0) is 5.88 Å². The van der Waals surface area contributed by atoms with Crippen molar-refractivity contribution in [1.82, 2.24) is 14.5 Å². The molecule has 0 amide bonds. The van der Waals surface area contributed by atoms with Crippen molar-refractivity contribution in [3.05, 3.63) is 53.2 Å². The zero-order valence-corrected chi connectivity index (χ0v) is 11.9. The maximum Gasteiger partial charge on any atom is 0.164 e. The van der Waals surface area contributed by atoms with Crippen molar-refractivity contribution in [2.75, 3.05) is 0 Å². The van der Waals surface area contributed by atoms with E-state index in [0.717, 1.165) is 16.6 Å². The van der Waals surface area contributed by atoms with Crippen LogP contribution in [0.5, 0.6) is 0 Å². The summed E-state index contributed by atoms with van der Waals surface area (Å²) in [5.41, 5.74) is 3.64. The Kier molecular flexibility index (Phi) is 3.18. The molecule has 0 atom stereocenters. The monoisotopic (exact) mass is 289 g/mol. The van der Waals surface area contributed by atoms with E-state index < -0.39 is 0 Å². The number of pyridine rings is 1. The zero-order chi connectivity index (χ0) is 14.3. The van der Waals surface area contributed by atoms with E-state index in [0.29, 0.717) is 17.2 Å². The molecule has 0 saturated heterocycles. The molecule has 3 aromatic rings. The van der Waals surface area contributed by atoms with Crippen LogP contribution < -0.4 is 0 Å². The van der Waals surface area contributed by atoms with Crippen LogP contribution in [0.15, 0.2) is 30.5 Å². The minimum atomic E-state index is -0.307. The molecule has 0 aliphatic carbocycles. The molecule has 1 aromatic carbocycles. The number of nitrogens with zero attached hydrogens (tertiary/aromatic N) is 3. The van der Waals surface area contributed by atoms with E-state index in [1.165, 1.54) is 6.07 Å². The van der Waals surface area contributed by atoms with Gasteiger partial charge < -0.3 is 0 Å². The first-order valence-electron chi connectivity index (χ1n) is 6.26. The Labute approximate surface area is 121 Å². The van der Waals surface area contributed by atoms with Gasteiger partial charge in [0.2, 0.25) is 0 Å². The van der Waals surface area contributed by atoms with Gasteiger partial charge in [-0.05, 0) is 43.2 Å². The highest BCUT2D eigenvalue weighted by Gasteiger charge is 2.15. The Morgan fingerprint density at radius 3 is 2.70 bits per heavy atom. The first-order valence-corrected chi connectivity index (χ1v) is 6.80. The fourth-order valence-electron chi connectivity index (χ4n) is 2.25. The molecule has 0 spiro atoms. The average Bonchev–Trinajstić information content (AvgIpc) is 2.76. The van der Waals surface area contributed by atoms with Crippen molar-refractivity contribution in [2.45, 2.75) is 19.7 Å². The number of alkyl halides is 1. The summed E-state index contributed by atoms with van der Waals surface area (Å²) in [4.78, 5) is 8.80. The highest BCUT2D eigenvalue weighted by atomic mass is 35.5. The van der Waals surface area contributed by atoms with Gasteiger partial charge in [-0.2, -0.15) is 0 Å². The minimum Gasteiger partial charge on any atom is -0.277 e. The summed E-state index contributed by atoms with van der Waals surface area (Å²) in [6.07, 6.45) is 1.74. The van der Waals surface area contributed by atoms with E-state index in [1.807, 2.05) is 26.0 Å². The van der Waals surface area contributed by atoms with Crippen LogP contribution in [-0.4, -0.2) is 14.5 Å². The first-order chi connectivity index (χ1) is 9.60. The lowest BCUT2D eigenvalue weighted by Gasteiger charge is -2.09. The lowest BCUT2D eigenvalue weighted by molar-refractivity contribution is 0.616. The van der Waals surface area contributed by atoms with E-state index in [2.05, 4.69) is 9.97 Å². The molecule has 0 fully saturated rings. The molecule has 102 valence electrons. The summed E-state index contributed by atoms with van der Waals surface area (Å²) < 4.78 is 15.9. The quantitative estimate of drug-likeness (QED) is 0.670. The summed E-state index contributed by atoms with van der Waals surface area (Å²) in [6, 6.07) is 6.99. The highest BCUT2D eigenvalue weighted by Crippen LogP contribution is 2.24. The molecule has 5 heteroatoms. The van der Waals surface area contributed by atoms with Crippen LogP contribution in [0, 0.1) is 19.7 Å². The third-order valence-corrected chi connectivity index (χ3v) is 3.41. The molecule has 0 saturated carbocycles. The second kappa shape index (κ2) is 4.87. The van der Waals surface area contributed by atoms with Gasteiger partial charge in [-0.3, -0.25) is 4.57 Å². The van der Waals surface area contributed by atoms with Gasteiger partial charge >= 0.3 is 0 Å². The van der Waals surface area contributed by atoms with Crippen LogP contribution in [0.25, 0.3) is 16.9 Å². The van der Waals surface area contributed by atoms with Gasteiger partial charge in [-0.25, -0.2) is 14.4 Å². The summed E-state index contributed by atoms with van der Waals surface area (Å²) in [5, 5.41) is 0. The third kappa shape index (κ3) is 2.06. The van der Waals surface area contributed by atoms with Crippen LogP contribution in [0.2, 0.25) is 0 Å². The number of imidazole rings is 1. The normalized spacial score (nSPS) is 11.2. The average molecular weight is 290 g/mol. The summed E-state index contributed by atoms with van der Waals surface area (Å²) >= 11 is 5.94. The molecule has 20 heavy (non-hydrogen) atoms. The predicted molar refractivity (Wildman–Crippen MR) is 77.9 cm³/mol. The Hall–Kier alpha value is -1.94. The van der Waals surface area contributed by atoms with Crippen LogP contribution in [0.1, 0.15) is 17.0 Å². The molecule has 0 bridgehead atoms. The van der Waals surface area contributed by atoms with E-state index >= 15 is 0 Å². The summed E-state index contributed by atoms with van der Waals surface area (Å²) in [5.74, 6) is 0.475. The predicted octanol–water partition coefficient (Wildman–Crippen LogP) is 3.92. The summed E-state index contributed by atoms with van der Waals surface area (Å²) in [6.45, 7) is 3.79.